The van der Waals surface area contributed by atoms with Crippen LogP contribution in [0.4, 0.5) is 5.69 Å². The first kappa shape index (κ1) is 18.1. The first-order chi connectivity index (χ1) is 11.6. The zero-order valence-electron chi connectivity index (χ0n) is 13.4. The van der Waals surface area contributed by atoms with Crippen LogP contribution in [0, 0.1) is 3.57 Å². The lowest BCUT2D eigenvalue weighted by molar-refractivity contribution is -0.119. The molecule has 6 nitrogen and oxygen atoms in total. The number of carbonyl (C=O) groups excluding carboxylic acids is 1. The number of hydrogen-bond donors (Lipinski definition) is 2. The van der Waals surface area contributed by atoms with Gasteiger partial charge < -0.3 is 14.8 Å². The Labute approximate surface area is 154 Å². The van der Waals surface area contributed by atoms with E-state index in [0.29, 0.717) is 11.5 Å². The topological polar surface area (TPSA) is 72.0 Å². The van der Waals surface area contributed by atoms with E-state index in [1.54, 1.807) is 32.6 Å². The van der Waals surface area contributed by atoms with E-state index in [0.717, 1.165) is 14.8 Å². The number of amides is 1. The van der Waals surface area contributed by atoms with E-state index >= 15 is 0 Å². The number of anilines is 1. The molecule has 2 aromatic carbocycles. The van der Waals surface area contributed by atoms with Gasteiger partial charge in [0.2, 0.25) is 0 Å². The minimum absolute atomic E-state index is 0.143. The summed E-state index contributed by atoms with van der Waals surface area (Å²) in [7, 11) is 3.14. The third-order valence-electron chi connectivity index (χ3n) is 3.11. The monoisotopic (exact) mass is 439 g/mol. The van der Waals surface area contributed by atoms with Gasteiger partial charge in [0.25, 0.3) is 5.91 Å². The highest BCUT2D eigenvalue weighted by molar-refractivity contribution is 14.1. The third-order valence-corrected chi connectivity index (χ3v) is 3.83. The van der Waals surface area contributed by atoms with Crippen LogP contribution < -0.4 is 20.2 Å². The number of hydrazone groups is 1. The lowest BCUT2D eigenvalue weighted by Crippen LogP contribution is -2.25. The summed E-state index contributed by atoms with van der Waals surface area (Å²) in [6.45, 7) is 0.143. The van der Waals surface area contributed by atoms with Crippen LogP contribution in [-0.4, -0.2) is 32.9 Å². The van der Waals surface area contributed by atoms with Gasteiger partial charge in [-0.25, -0.2) is 5.43 Å². The maximum absolute atomic E-state index is 11.8. The number of halogens is 1. The van der Waals surface area contributed by atoms with Crippen molar-refractivity contribution in [3.8, 4) is 11.5 Å². The third kappa shape index (κ3) is 5.41. The van der Waals surface area contributed by atoms with Crippen LogP contribution in [0.3, 0.4) is 0 Å². The molecule has 2 rings (SSSR count). The van der Waals surface area contributed by atoms with Crippen LogP contribution >= 0.6 is 22.6 Å². The summed E-state index contributed by atoms with van der Waals surface area (Å²) in [5, 5.41) is 6.96. The molecule has 0 radical (unpaired) electrons. The average molecular weight is 439 g/mol. The standard InChI is InChI=1S/C17H18IN3O3/c1-23-15-8-3-12(9-16(15)24-2)10-20-21-17(22)11-19-14-6-4-13(18)5-7-14/h3-10,19H,11H2,1-2H3,(H,21,22)/b20-10-. The second kappa shape index (κ2) is 9.11. The van der Waals surface area contributed by atoms with E-state index in [1.807, 2.05) is 30.3 Å². The molecule has 1 amide bonds. The number of nitrogens with one attached hydrogen (secondary N) is 2. The molecule has 0 spiro atoms. The zero-order chi connectivity index (χ0) is 17.4. The van der Waals surface area contributed by atoms with Crippen molar-refractivity contribution in [1.82, 2.24) is 5.43 Å². The largest absolute Gasteiger partial charge is 0.493 e. The smallest absolute Gasteiger partial charge is 0.259 e. The molecular formula is C17H18IN3O3. The molecule has 0 fully saturated rings. The minimum Gasteiger partial charge on any atom is -0.493 e. The summed E-state index contributed by atoms with van der Waals surface area (Å²) in [5.74, 6) is 1.01. The molecule has 0 aromatic heterocycles. The number of ether oxygens (including phenoxy) is 2. The Hall–Kier alpha value is -2.29. The van der Waals surface area contributed by atoms with E-state index in [4.69, 9.17) is 9.47 Å². The normalized spacial score (nSPS) is 10.5. The molecule has 126 valence electrons. The molecule has 2 N–H and O–H groups in total. The van der Waals surface area contributed by atoms with Gasteiger partial charge in [0.05, 0.1) is 27.0 Å². The second-order valence-electron chi connectivity index (χ2n) is 4.77. The number of hydrogen-bond acceptors (Lipinski definition) is 5. The Bertz CT molecular complexity index is 718. The van der Waals surface area contributed by atoms with Crippen molar-refractivity contribution < 1.29 is 14.3 Å². The van der Waals surface area contributed by atoms with Crippen LogP contribution in [0.15, 0.2) is 47.6 Å². The highest BCUT2D eigenvalue weighted by Crippen LogP contribution is 2.26. The number of nitrogens with zero attached hydrogens (tertiary/aromatic N) is 1. The van der Waals surface area contributed by atoms with E-state index in [1.165, 1.54) is 0 Å². The molecule has 24 heavy (non-hydrogen) atoms. The molecule has 0 saturated carbocycles. The molecule has 0 bridgehead atoms. The highest BCUT2D eigenvalue weighted by atomic mass is 127. The van der Waals surface area contributed by atoms with E-state index in [2.05, 4.69) is 38.4 Å². The van der Waals surface area contributed by atoms with Gasteiger partial charge in [-0.05, 0) is 70.6 Å². The molecule has 0 aliphatic heterocycles. The lowest BCUT2D eigenvalue weighted by Gasteiger charge is -2.07. The molecule has 0 aliphatic carbocycles. The van der Waals surface area contributed by atoms with Gasteiger partial charge in [0.15, 0.2) is 11.5 Å². The summed E-state index contributed by atoms with van der Waals surface area (Å²) >= 11 is 2.23. The number of carbonyl (C=O) groups is 1. The lowest BCUT2D eigenvalue weighted by atomic mass is 10.2. The van der Waals surface area contributed by atoms with Gasteiger partial charge in [-0.15, -0.1) is 0 Å². The van der Waals surface area contributed by atoms with Crippen LogP contribution in [-0.2, 0) is 4.79 Å². The maximum atomic E-state index is 11.8. The molecule has 2 aromatic rings. The van der Waals surface area contributed by atoms with Crippen molar-refractivity contribution in [3.05, 3.63) is 51.6 Å². The van der Waals surface area contributed by atoms with Crippen molar-refractivity contribution in [2.24, 2.45) is 5.10 Å². The predicted molar refractivity (Wildman–Crippen MR) is 103 cm³/mol. The minimum atomic E-state index is -0.231. The fourth-order valence-corrected chi connectivity index (χ4v) is 2.26. The van der Waals surface area contributed by atoms with Crippen LogP contribution in [0.1, 0.15) is 5.56 Å². The fourth-order valence-electron chi connectivity index (χ4n) is 1.90. The summed E-state index contributed by atoms with van der Waals surface area (Å²) in [4.78, 5) is 11.8. The van der Waals surface area contributed by atoms with E-state index in [-0.39, 0.29) is 12.5 Å². The van der Waals surface area contributed by atoms with Crippen LogP contribution in [0.25, 0.3) is 0 Å². The Morgan fingerprint density at radius 2 is 1.83 bits per heavy atom. The summed E-state index contributed by atoms with van der Waals surface area (Å²) in [6.07, 6.45) is 1.55. The van der Waals surface area contributed by atoms with E-state index in [9.17, 15) is 4.79 Å². The zero-order valence-corrected chi connectivity index (χ0v) is 15.5. The number of rotatable bonds is 7. The molecule has 0 atom stereocenters. The number of benzene rings is 2. The molecule has 0 aliphatic rings. The van der Waals surface area contributed by atoms with Crippen molar-refractivity contribution in [2.45, 2.75) is 0 Å². The van der Waals surface area contributed by atoms with Crippen molar-refractivity contribution in [1.29, 1.82) is 0 Å². The molecule has 0 saturated heterocycles. The first-order valence-corrected chi connectivity index (χ1v) is 8.23. The Kier molecular flexibility index (Phi) is 6.86. The van der Waals surface area contributed by atoms with Crippen LogP contribution in [0.5, 0.6) is 11.5 Å². The van der Waals surface area contributed by atoms with Gasteiger partial charge in [0, 0.05) is 9.26 Å². The van der Waals surface area contributed by atoms with Gasteiger partial charge in [-0.1, -0.05) is 0 Å². The summed E-state index contributed by atoms with van der Waals surface area (Å²) in [5.41, 5.74) is 4.15. The molecule has 7 heteroatoms. The SMILES string of the molecule is COc1ccc(/C=N\NC(=O)CNc2ccc(I)cc2)cc1OC. The fraction of sp³-hybridized carbons (Fsp3) is 0.176. The Morgan fingerprint density at radius 3 is 2.50 bits per heavy atom. The molecule has 0 heterocycles. The second-order valence-corrected chi connectivity index (χ2v) is 6.01. The Morgan fingerprint density at radius 1 is 1.12 bits per heavy atom. The quantitative estimate of drug-likeness (QED) is 0.396. The maximum Gasteiger partial charge on any atom is 0.259 e. The van der Waals surface area contributed by atoms with E-state index < -0.39 is 0 Å². The van der Waals surface area contributed by atoms with Gasteiger partial charge >= 0.3 is 0 Å². The molecular weight excluding hydrogens is 421 g/mol. The van der Waals surface area contributed by atoms with Crippen LogP contribution in [0.2, 0.25) is 0 Å². The van der Waals surface area contributed by atoms with Gasteiger partial charge in [-0.3, -0.25) is 4.79 Å². The highest BCUT2D eigenvalue weighted by Gasteiger charge is 2.03. The van der Waals surface area contributed by atoms with Crippen molar-refractivity contribution >= 4 is 40.4 Å². The first-order valence-electron chi connectivity index (χ1n) is 7.15. The predicted octanol–water partition coefficient (Wildman–Crippen LogP) is 2.87. The Balaban J connectivity index is 1.84. The van der Waals surface area contributed by atoms with Gasteiger partial charge in [-0.2, -0.15) is 5.10 Å². The van der Waals surface area contributed by atoms with Gasteiger partial charge in [0.1, 0.15) is 0 Å². The summed E-state index contributed by atoms with van der Waals surface area (Å²) in [6, 6.07) is 13.1. The molecule has 0 unspecified atom stereocenters. The number of methoxy groups -OCH3 is 2. The van der Waals surface area contributed by atoms with Crippen molar-refractivity contribution in [3.63, 3.8) is 0 Å². The summed E-state index contributed by atoms with van der Waals surface area (Å²) < 4.78 is 11.5. The van der Waals surface area contributed by atoms with Crippen molar-refractivity contribution in [2.75, 3.05) is 26.1 Å². The average Bonchev–Trinajstić information content (AvgIpc) is 2.61.